The molecule has 21 atom stereocenters. The van der Waals surface area contributed by atoms with Gasteiger partial charge in [-0.1, -0.05) is 141 Å². The quantitative estimate of drug-likeness (QED) is 0.0355. The molecule has 8 aliphatic rings. The first-order valence-electron chi connectivity index (χ1n) is 49.1. The molecular weight excluding hydrogens is 1610 g/mol. The smallest absolute Gasteiger partial charge is 0.225 e. The molecule has 0 aliphatic heterocycles. The largest absolute Gasteiger partial charge is 0.508 e. The summed E-state index contributed by atoms with van der Waals surface area (Å²) in [6.45, 7) is 1.79. The molecule has 0 aromatic heterocycles. The number of carbonyl (C=O) groups excluding carboxylic acids is 13. The second kappa shape index (κ2) is 54.4. The number of benzene rings is 1. The van der Waals surface area contributed by atoms with E-state index in [1.807, 2.05) is 0 Å². The Kier molecular flexibility index (Phi) is 43.9. The SMILES string of the molecule is NCCCC[C@@H](CC(N)=O)NC(=O)[C@H]1CCCC[C@@H]1NC(=O)[C@H]1CCCC[C@@H]1NC(=O)C[C@H](CCCCN)NC(=O)[C@H]1CCCC[C@@H]1NC(=O)[C@H]1CCCC[C@@H]1NC(=O)C[C@H](CCCCN)NC(=O)[C@H]1CCCC[C@@H]1NC(=O)[C@H]1CCCC[C@@H]1NC(=O)C[C@H](CCCCN)NC(=O)[C@H]1CCCC[C@@H]1NC(=O)[C@H]1CCCC[C@@H]1NC(=O)C[C@@H](N)Cc1ccc(O)cc1. The van der Waals surface area contributed by atoms with Gasteiger partial charge >= 0.3 is 0 Å². The van der Waals surface area contributed by atoms with Crippen molar-refractivity contribution in [1.29, 1.82) is 0 Å². The molecule has 8 saturated carbocycles. The Morgan fingerprint density at radius 3 is 0.714 bits per heavy atom. The first-order chi connectivity index (χ1) is 60.9. The first kappa shape index (κ1) is 102. The van der Waals surface area contributed by atoms with E-state index in [2.05, 4.69) is 63.8 Å². The number of hydrogen-bond donors (Lipinski definition) is 19. The van der Waals surface area contributed by atoms with Crippen LogP contribution < -0.4 is 98.2 Å². The third-order valence-electron chi connectivity index (χ3n) is 28.6. The second-order valence-electron chi connectivity index (χ2n) is 38.4. The molecule has 32 nitrogen and oxygen atoms in total. The number of phenolic OH excluding ortho intramolecular Hbond substituents is 1. The third-order valence-corrected chi connectivity index (χ3v) is 28.6. The van der Waals surface area contributed by atoms with Gasteiger partial charge in [0.1, 0.15) is 5.75 Å². The van der Waals surface area contributed by atoms with Gasteiger partial charge in [0, 0.05) is 111 Å². The number of carbonyl (C=O) groups is 13. The Labute approximate surface area is 747 Å². The van der Waals surface area contributed by atoms with Crippen LogP contribution >= 0.6 is 0 Å². The molecule has 126 heavy (non-hydrogen) atoms. The predicted molar refractivity (Wildman–Crippen MR) is 483 cm³/mol. The van der Waals surface area contributed by atoms with Crippen LogP contribution in [-0.2, 0) is 68.7 Å². The molecule has 32 heteroatoms. The molecule has 708 valence electrons. The molecule has 0 bridgehead atoms. The molecule has 25 N–H and O–H groups in total. The van der Waals surface area contributed by atoms with E-state index in [0.717, 1.165) is 121 Å². The highest BCUT2D eigenvalue weighted by Crippen LogP contribution is 2.36. The highest BCUT2D eigenvalue weighted by Gasteiger charge is 2.45. The normalized spacial score (nSPS) is 27.6. The van der Waals surface area contributed by atoms with Crippen molar-refractivity contribution in [2.45, 2.75) is 400 Å². The van der Waals surface area contributed by atoms with E-state index < -0.39 is 126 Å². The van der Waals surface area contributed by atoms with E-state index in [4.69, 9.17) is 34.4 Å². The lowest BCUT2D eigenvalue weighted by Gasteiger charge is -2.37. The van der Waals surface area contributed by atoms with Crippen LogP contribution in [0.4, 0.5) is 0 Å². The summed E-state index contributed by atoms with van der Waals surface area (Å²) in [6.07, 6.45) is 29.8. The van der Waals surface area contributed by atoms with Gasteiger partial charge in [0.15, 0.2) is 0 Å². The minimum Gasteiger partial charge on any atom is -0.508 e. The lowest BCUT2D eigenvalue weighted by atomic mass is 9.80. The van der Waals surface area contributed by atoms with Crippen molar-refractivity contribution in [2.24, 2.45) is 81.7 Å². The van der Waals surface area contributed by atoms with Crippen LogP contribution in [0.3, 0.4) is 0 Å². The van der Waals surface area contributed by atoms with Crippen LogP contribution in [0, 0.1) is 47.3 Å². The summed E-state index contributed by atoms with van der Waals surface area (Å²) in [5, 5.41) is 48.2. The standard InChI is InChI=1S/C94H158N18O14/c95-49-21-17-25-61(55-82(100)114)101-87(119)70-33-5-13-41-78(70)109-92(124)67-30-2-10-38-75(67)106-84(116)57-63(27-19-23-51-97)103-89(121)72-35-7-15-43-80(72)111-94(126)69-32-4-12-40-77(69)108-86(118)58-64(28-20-24-52-98)104-90(122)73-36-8-16-44-81(73)112-93(125)68-31-3-11-39-76(68)107-85(117)56-62(26-18-22-50-96)102-88(120)71-34-6-14-42-79(71)110-91(123)66-29-1-9-37-74(66)105-83(115)54-60(99)53-59-45-47-65(113)48-46-59/h45-48,60-64,66-81,113H,1-44,49-58,95-99H2,(H2,100,114)(H,101,119)(H,102,120)(H,103,121)(H,104,122)(H,105,115)(H,106,116)(H,107,117)(H,108,118)(H,109,124)(H,110,123)(H,111,126)(H,112,125)/t60-,61-,62-,63-,64-,66-,67-,68-,69-,70-,71-,72-,73-,74-,75-,76-,77-,78-,79-,80-,81-/m0/s1. The van der Waals surface area contributed by atoms with E-state index >= 15 is 0 Å². The number of phenols is 1. The lowest BCUT2D eigenvalue weighted by molar-refractivity contribution is -0.134. The molecule has 0 radical (unpaired) electrons. The van der Waals surface area contributed by atoms with E-state index in [9.17, 15) is 67.4 Å². The molecule has 0 spiro atoms. The zero-order valence-corrected chi connectivity index (χ0v) is 75.3. The van der Waals surface area contributed by atoms with E-state index in [-0.39, 0.29) is 115 Å². The van der Waals surface area contributed by atoms with Crippen LogP contribution in [0.5, 0.6) is 5.75 Å². The molecule has 0 heterocycles. The van der Waals surface area contributed by atoms with Crippen LogP contribution in [0.2, 0.25) is 0 Å². The third kappa shape index (κ3) is 33.5. The van der Waals surface area contributed by atoms with Crippen molar-refractivity contribution < 1.29 is 67.4 Å². The monoisotopic (exact) mass is 1760 g/mol. The molecule has 1 aromatic carbocycles. The number of rotatable bonds is 48. The molecule has 0 unspecified atom stereocenters. The van der Waals surface area contributed by atoms with Gasteiger partial charge in [-0.3, -0.25) is 62.3 Å². The number of nitrogens with one attached hydrogen (secondary N) is 12. The Hall–Kier alpha value is -8.07. The molecule has 8 fully saturated rings. The topological polar surface area (TPSA) is 543 Å². The maximum Gasteiger partial charge on any atom is 0.225 e. The van der Waals surface area contributed by atoms with E-state index in [1.165, 1.54) is 0 Å². The summed E-state index contributed by atoms with van der Waals surface area (Å²) in [7, 11) is 0. The summed E-state index contributed by atoms with van der Waals surface area (Å²) in [4.78, 5) is 184. The average Bonchev–Trinajstić information content (AvgIpc) is 0.833. The minimum atomic E-state index is -0.591. The van der Waals surface area contributed by atoms with Gasteiger partial charge in [-0.25, -0.2) is 0 Å². The summed E-state index contributed by atoms with van der Waals surface area (Å²) >= 11 is 0. The van der Waals surface area contributed by atoms with Crippen LogP contribution in [0.1, 0.15) is 320 Å². The van der Waals surface area contributed by atoms with Gasteiger partial charge in [-0.15, -0.1) is 0 Å². The number of aromatic hydroxyl groups is 1. The molecule has 9 rings (SSSR count). The number of amides is 13. The second-order valence-corrected chi connectivity index (χ2v) is 38.4. The van der Waals surface area contributed by atoms with E-state index in [1.54, 1.807) is 24.3 Å². The predicted octanol–water partition coefficient (Wildman–Crippen LogP) is 5.55. The lowest BCUT2D eigenvalue weighted by Crippen LogP contribution is -2.56. The first-order valence-corrected chi connectivity index (χ1v) is 49.1. The van der Waals surface area contributed by atoms with Gasteiger partial charge in [0.05, 0.1) is 47.3 Å². The van der Waals surface area contributed by atoms with Gasteiger partial charge in [-0.05, 0) is 204 Å². The Balaban J connectivity index is 0.751. The number of unbranched alkanes of at least 4 members (excludes halogenated alkanes) is 4. The Bertz CT molecular complexity index is 3630. The van der Waals surface area contributed by atoms with Crippen molar-refractivity contribution in [2.75, 3.05) is 26.2 Å². The maximum atomic E-state index is 14.7. The van der Waals surface area contributed by atoms with Gasteiger partial charge in [0.25, 0.3) is 0 Å². The molecule has 1 aromatic rings. The van der Waals surface area contributed by atoms with Gasteiger partial charge in [-0.2, -0.15) is 0 Å². The fraction of sp³-hybridized carbons (Fsp3) is 0.798. The minimum absolute atomic E-state index is 0.0104. The van der Waals surface area contributed by atoms with E-state index in [0.29, 0.717) is 200 Å². The van der Waals surface area contributed by atoms with Gasteiger partial charge < -0.3 is 103 Å². The van der Waals surface area contributed by atoms with Crippen molar-refractivity contribution in [1.82, 2.24) is 63.8 Å². The molecule has 8 aliphatic carbocycles. The average molecular weight is 1760 g/mol. The Morgan fingerprint density at radius 1 is 0.278 bits per heavy atom. The van der Waals surface area contributed by atoms with Crippen molar-refractivity contribution in [3.8, 4) is 5.75 Å². The fourth-order valence-corrected chi connectivity index (χ4v) is 21.6. The number of nitrogens with two attached hydrogens (primary N) is 6. The number of primary amides is 1. The molecule has 0 saturated heterocycles. The van der Waals surface area contributed by atoms with Crippen LogP contribution in [0.15, 0.2) is 24.3 Å². The maximum absolute atomic E-state index is 14.7. The zero-order chi connectivity index (χ0) is 90.3. The highest BCUT2D eigenvalue weighted by atomic mass is 16.3. The highest BCUT2D eigenvalue weighted by molar-refractivity contribution is 5.89. The fourth-order valence-electron chi connectivity index (χ4n) is 21.6. The summed E-state index contributed by atoms with van der Waals surface area (Å²) in [6, 6.07) is 0.434. The van der Waals surface area contributed by atoms with Crippen LogP contribution in [0.25, 0.3) is 0 Å². The van der Waals surface area contributed by atoms with Crippen molar-refractivity contribution >= 4 is 76.8 Å². The molecular formula is C94H158N18O14. The van der Waals surface area contributed by atoms with Crippen molar-refractivity contribution in [3.63, 3.8) is 0 Å². The van der Waals surface area contributed by atoms with Gasteiger partial charge in [0.2, 0.25) is 76.8 Å². The summed E-state index contributed by atoms with van der Waals surface area (Å²) in [5.74, 6) is -7.72. The van der Waals surface area contributed by atoms with Crippen LogP contribution in [-0.4, -0.2) is 187 Å². The zero-order valence-electron chi connectivity index (χ0n) is 75.3. The Morgan fingerprint density at radius 2 is 0.484 bits per heavy atom. The molecule has 13 amide bonds. The van der Waals surface area contributed by atoms with Crippen molar-refractivity contribution in [3.05, 3.63) is 29.8 Å². The summed E-state index contributed by atoms with van der Waals surface area (Å²) < 4.78 is 0. The number of hydrogen-bond acceptors (Lipinski definition) is 19. The summed E-state index contributed by atoms with van der Waals surface area (Å²) in [5.41, 5.74) is 36.5.